The van der Waals surface area contributed by atoms with Crippen molar-refractivity contribution in [2.24, 2.45) is 0 Å². The summed E-state index contributed by atoms with van der Waals surface area (Å²) in [5.41, 5.74) is 0.643. The molecule has 0 radical (unpaired) electrons. The molecule has 0 unspecified atom stereocenters. The minimum atomic E-state index is -3.93. The van der Waals surface area contributed by atoms with E-state index in [9.17, 15) is 12.8 Å². The van der Waals surface area contributed by atoms with Crippen LogP contribution in [-0.2, 0) is 16.6 Å². The van der Waals surface area contributed by atoms with E-state index in [0.717, 1.165) is 6.07 Å². The highest BCUT2D eigenvalue weighted by Crippen LogP contribution is 2.19. The maximum atomic E-state index is 13.6. The van der Waals surface area contributed by atoms with Crippen molar-refractivity contribution in [2.75, 3.05) is 0 Å². The number of nitrogens with zero attached hydrogens (tertiary/aromatic N) is 1. The summed E-state index contributed by atoms with van der Waals surface area (Å²) in [4.78, 5) is -0.410. The molecular weight excluding hydrogens is 339 g/mol. The molecule has 2 aromatic rings. The molecule has 0 atom stereocenters. The second-order valence-electron chi connectivity index (χ2n) is 3.83. The molecule has 19 heavy (non-hydrogen) atoms. The third-order valence-electron chi connectivity index (χ3n) is 2.30. The van der Waals surface area contributed by atoms with Crippen LogP contribution < -0.4 is 4.72 Å². The molecule has 0 saturated carbocycles. The summed E-state index contributed by atoms with van der Waals surface area (Å²) < 4.78 is 45.0. The van der Waals surface area contributed by atoms with Crippen molar-refractivity contribution in [1.82, 2.24) is 9.88 Å². The van der Waals surface area contributed by atoms with E-state index in [-0.39, 0.29) is 6.54 Å². The molecule has 8 heteroatoms. The van der Waals surface area contributed by atoms with Gasteiger partial charge in [0.15, 0.2) is 5.76 Å². The van der Waals surface area contributed by atoms with Crippen molar-refractivity contribution in [1.29, 1.82) is 0 Å². The Kier molecular flexibility index (Phi) is 4.02. The molecule has 0 fully saturated rings. The molecule has 1 heterocycles. The van der Waals surface area contributed by atoms with Crippen molar-refractivity contribution in [3.63, 3.8) is 0 Å². The van der Waals surface area contributed by atoms with Gasteiger partial charge >= 0.3 is 0 Å². The fourth-order valence-electron chi connectivity index (χ4n) is 1.44. The molecule has 1 aromatic carbocycles. The number of aryl methyl sites for hydroxylation is 1. The van der Waals surface area contributed by atoms with Crippen molar-refractivity contribution < 1.29 is 17.3 Å². The van der Waals surface area contributed by atoms with E-state index in [1.165, 1.54) is 12.1 Å². The van der Waals surface area contributed by atoms with Gasteiger partial charge in [-0.3, -0.25) is 0 Å². The lowest BCUT2D eigenvalue weighted by Gasteiger charge is -2.06. The molecule has 0 aliphatic heterocycles. The van der Waals surface area contributed by atoms with Crippen LogP contribution >= 0.6 is 15.9 Å². The van der Waals surface area contributed by atoms with Crippen molar-refractivity contribution in [2.45, 2.75) is 18.4 Å². The van der Waals surface area contributed by atoms with Gasteiger partial charge in [-0.05, 0) is 25.1 Å². The van der Waals surface area contributed by atoms with Crippen LogP contribution in [0.15, 0.2) is 38.2 Å². The molecule has 0 saturated heterocycles. The van der Waals surface area contributed by atoms with E-state index in [1.807, 2.05) is 0 Å². The normalized spacial score (nSPS) is 11.7. The highest BCUT2D eigenvalue weighted by molar-refractivity contribution is 9.10. The van der Waals surface area contributed by atoms with Crippen LogP contribution in [0.4, 0.5) is 4.39 Å². The molecule has 0 aliphatic carbocycles. The van der Waals surface area contributed by atoms with Crippen LogP contribution in [0, 0.1) is 12.7 Å². The molecule has 2 rings (SSSR count). The highest BCUT2D eigenvalue weighted by Gasteiger charge is 2.19. The smallest absolute Gasteiger partial charge is 0.243 e. The second-order valence-corrected chi connectivity index (χ2v) is 6.48. The van der Waals surface area contributed by atoms with E-state index < -0.39 is 20.7 Å². The van der Waals surface area contributed by atoms with Crippen LogP contribution in [-0.4, -0.2) is 13.6 Å². The minimum absolute atomic E-state index is 0.0846. The molecular formula is C11H10BrFN2O3S. The number of rotatable bonds is 4. The molecule has 0 spiro atoms. The summed E-state index contributed by atoms with van der Waals surface area (Å²) >= 11 is 3.06. The summed E-state index contributed by atoms with van der Waals surface area (Å²) in [6.45, 7) is 1.63. The minimum Gasteiger partial charge on any atom is -0.360 e. The van der Waals surface area contributed by atoms with Crippen molar-refractivity contribution >= 4 is 26.0 Å². The number of halogens is 2. The second kappa shape index (κ2) is 5.40. The molecule has 0 amide bonds. The quantitative estimate of drug-likeness (QED) is 0.920. The maximum Gasteiger partial charge on any atom is 0.243 e. The van der Waals surface area contributed by atoms with E-state index in [4.69, 9.17) is 4.52 Å². The summed E-state index contributed by atoms with van der Waals surface area (Å²) in [5.74, 6) is -0.464. The average Bonchev–Trinajstić information content (AvgIpc) is 2.72. The van der Waals surface area contributed by atoms with Gasteiger partial charge in [0.1, 0.15) is 10.7 Å². The molecule has 5 nitrogen and oxygen atoms in total. The summed E-state index contributed by atoms with van der Waals surface area (Å²) in [6, 6.07) is 5.33. The monoisotopic (exact) mass is 348 g/mol. The maximum absolute atomic E-state index is 13.6. The number of benzene rings is 1. The van der Waals surface area contributed by atoms with E-state index in [2.05, 4.69) is 25.8 Å². The first-order valence-corrected chi connectivity index (χ1v) is 7.53. The van der Waals surface area contributed by atoms with Crippen LogP contribution in [0.25, 0.3) is 0 Å². The zero-order valence-electron chi connectivity index (χ0n) is 9.85. The standard InChI is InChI=1S/C11H10BrFN2O3S/c1-7-4-9(18-15-7)6-14-19(16,17)11-3-2-8(12)5-10(11)13/h2-5,14H,6H2,1H3. The largest absolute Gasteiger partial charge is 0.360 e. The predicted molar refractivity (Wildman–Crippen MR) is 69.4 cm³/mol. The van der Waals surface area contributed by atoms with E-state index in [0.29, 0.717) is 15.9 Å². The Balaban J connectivity index is 2.18. The zero-order chi connectivity index (χ0) is 14.0. The Hall–Kier alpha value is -1.25. The van der Waals surface area contributed by atoms with Gasteiger partial charge in [-0.25, -0.2) is 17.5 Å². The number of nitrogens with one attached hydrogen (secondary N) is 1. The first-order valence-electron chi connectivity index (χ1n) is 5.25. The number of sulfonamides is 1. The lowest BCUT2D eigenvalue weighted by Crippen LogP contribution is -2.24. The number of hydrogen-bond acceptors (Lipinski definition) is 4. The van der Waals surface area contributed by atoms with Crippen molar-refractivity contribution in [3.05, 3.63) is 46.0 Å². The third kappa shape index (κ3) is 3.40. The average molecular weight is 349 g/mol. The molecule has 102 valence electrons. The molecule has 1 aromatic heterocycles. The van der Waals surface area contributed by atoms with E-state index >= 15 is 0 Å². The van der Waals surface area contributed by atoms with Gasteiger partial charge < -0.3 is 4.52 Å². The Morgan fingerprint density at radius 2 is 2.16 bits per heavy atom. The fraction of sp³-hybridized carbons (Fsp3) is 0.182. The van der Waals surface area contributed by atoms with Gasteiger partial charge in [0.05, 0.1) is 12.2 Å². The van der Waals surface area contributed by atoms with Crippen molar-refractivity contribution in [3.8, 4) is 0 Å². The van der Waals surface area contributed by atoms with E-state index in [1.54, 1.807) is 13.0 Å². The van der Waals surface area contributed by atoms with Gasteiger partial charge in [0, 0.05) is 10.5 Å². The van der Waals surface area contributed by atoms with Crippen LogP contribution in [0.1, 0.15) is 11.5 Å². The lowest BCUT2D eigenvalue weighted by atomic mass is 10.3. The van der Waals surface area contributed by atoms with Crippen LogP contribution in [0.5, 0.6) is 0 Å². The van der Waals surface area contributed by atoms with Gasteiger partial charge in [-0.1, -0.05) is 21.1 Å². The predicted octanol–water partition coefficient (Wildman–Crippen LogP) is 2.36. The SMILES string of the molecule is Cc1cc(CNS(=O)(=O)c2ccc(Br)cc2F)on1. The highest BCUT2D eigenvalue weighted by atomic mass is 79.9. The lowest BCUT2D eigenvalue weighted by molar-refractivity contribution is 0.377. The molecule has 0 aliphatic rings. The van der Waals surface area contributed by atoms with Gasteiger partial charge in [-0.2, -0.15) is 0 Å². The Labute approximate surface area is 118 Å². The Morgan fingerprint density at radius 1 is 1.42 bits per heavy atom. The molecule has 1 N–H and O–H groups in total. The first kappa shape index (κ1) is 14.2. The van der Waals surface area contributed by atoms with Gasteiger partial charge in [0.25, 0.3) is 0 Å². The zero-order valence-corrected chi connectivity index (χ0v) is 12.3. The summed E-state index contributed by atoms with van der Waals surface area (Å²) in [7, 11) is -3.93. The summed E-state index contributed by atoms with van der Waals surface area (Å²) in [5, 5.41) is 3.63. The van der Waals surface area contributed by atoms with Crippen LogP contribution in [0.2, 0.25) is 0 Å². The number of aromatic nitrogens is 1. The van der Waals surface area contributed by atoms with Gasteiger partial charge in [0.2, 0.25) is 10.0 Å². The Morgan fingerprint density at radius 3 is 2.74 bits per heavy atom. The first-order chi connectivity index (χ1) is 8.88. The van der Waals surface area contributed by atoms with Crippen LogP contribution in [0.3, 0.4) is 0 Å². The topological polar surface area (TPSA) is 72.2 Å². The number of hydrogen-bond donors (Lipinski definition) is 1. The molecule has 0 bridgehead atoms. The Bertz CT molecular complexity index is 700. The summed E-state index contributed by atoms with van der Waals surface area (Å²) in [6.07, 6.45) is 0. The fourth-order valence-corrected chi connectivity index (χ4v) is 2.82. The van der Waals surface area contributed by atoms with Gasteiger partial charge in [-0.15, -0.1) is 0 Å². The third-order valence-corrected chi connectivity index (χ3v) is 4.22.